The van der Waals surface area contributed by atoms with Gasteiger partial charge >= 0.3 is 5.97 Å². The number of nitrogens with zero attached hydrogens (tertiary/aromatic N) is 1. The summed E-state index contributed by atoms with van der Waals surface area (Å²) >= 11 is 0. The summed E-state index contributed by atoms with van der Waals surface area (Å²) in [6, 6.07) is 15.9. The van der Waals surface area contributed by atoms with Gasteiger partial charge < -0.3 is 19.9 Å². The molecule has 160 valence electrons. The highest BCUT2D eigenvalue weighted by molar-refractivity contribution is 5.91. The highest BCUT2D eigenvalue weighted by atomic mass is 19.1. The van der Waals surface area contributed by atoms with E-state index in [0.29, 0.717) is 16.9 Å². The zero-order valence-electron chi connectivity index (χ0n) is 16.8. The number of ether oxygens (including phenoxy) is 3. The predicted octanol–water partition coefficient (Wildman–Crippen LogP) is 4.41. The molecule has 0 aromatic heterocycles. The molecular weight excluding hydrogens is 418 g/mol. The molecular formula is C24H16F2N2O4. The molecule has 0 spiro atoms. The predicted molar refractivity (Wildman–Crippen MR) is 110 cm³/mol. The number of allylic oxidation sites excluding steroid dienone is 1. The molecule has 8 heteroatoms. The van der Waals surface area contributed by atoms with E-state index in [9.17, 15) is 18.8 Å². The van der Waals surface area contributed by atoms with Crippen molar-refractivity contribution in [2.45, 2.75) is 5.92 Å². The lowest BCUT2D eigenvalue weighted by Crippen LogP contribution is -2.22. The van der Waals surface area contributed by atoms with Crippen molar-refractivity contribution < 1.29 is 27.8 Å². The third-order valence-electron chi connectivity index (χ3n) is 5.00. The van der Waals surface area contributed by atoms with Gasteiger partial charge in [0.15, 0.2) is 0 Å². The fraction of sp³-hybridized carbons (Fsp3) is 0.0833. The Bertz CT molecular complexity index is 1280. The van der Waals surface area contributed by atoms with Gasteiger partial charge in [0.2, 0.25) is 5.88 Å². The number of rotatable bonds is 4. The van der Waals surface area contributed by atoms with Gasteiger partial charge in [0, 0.05) is 23.3 Å². The number of hydrogen-bond acceptors (Lipinski definition) is 6. The summed E-state index contributed by atoms with van der Waals surface area (Å²) in [5, 5.41) is 9.56. The van der Waals surface area contributed by atoms with Gasteiger partial charge in [-0.05, 0) is 36.4 Å². The molecule has 0 amide bonds. The van der Waals surface area contributed by atoms with Crippen LogP contribution < -0.4 is 19.9 Å². The smallest absolute Gasteiger partial charge is 0.343 e. The number of hydrogen-bond donors (Lipinski definition) is 1. The van der Waals surface area contributed by atoms with Crippen molar-refractivity contribution in [3.63, 3.8) is 0 Å². The summed E-state index contributed by atoms with van der Waals surface area (Å²) in [4.78, 5) is 12.4. The molecule has 4 rings (SSSR count). The van der Waals surface area contributed by atoms with Crippen LogP contribution in [0.5, 0.6) is 17.2 Å². The second-order valence-corrected chi connectivity index (χ2v) is 6.91. The van der Waals surface area contributed by atoms with Crippen LogP contribution in [0, 0.1) is 23.0 Å². The average molecular weight is 434 g/mol. The third-order valence-corrected chi connectivity index (χ3v) is 5.00. The van der Waals surface area contributed by atoms with E-state index in [1.165, 1.54) is 25.3 Å². The van der Waals surface area contributed by atoms with Gasteiger partial charge in [-0.25, -0.2) is 13.6 Å². The Balaban J connectivity index is 1.68. The maximum Gasteiger partial charge on any atom is 0.343 e. The van der Waals surface area contributed by atoms with Crippen molar-refractivity contribution in [2.75, 3.05) is 7.11 Å². The number of carbonyl (C=O) groups excluding carboxylic acids is 1. The molecule has 6 nitrogen and oxygen atoms in total. The number of carbonyl (C=O) groups is 1. The summed E-state index contributed by atoms with van der Waals surface area (Å²) < 4.78 is 43.9. The number of benzene rings is 3. The van der Waals surface area contributed by atoms with Gasteiger partial charge in [-0.1, -0.05) is 12.1 Å². The molecule has 1 atom stereocenters. The normalized spacial score (nSPS) is 14.8. The molecule has 1 unspecified atom stereocenters. The number of halogens is 2. The first kappa shape index (κ1) is 20.9. The molecule has 3 aromatic carbocycles. The molecule has 0 aliphatic carbocycles. The summed E-state index contributed by atoms with van der Waals surface area (Å²) in [6.07, 6.45) is 0. The molecule has 1 aliphatic heterocycles. The first-order chi connectivity index (χ1) is 15.4. The topological polar surface area (TPSA) is 94.6 Å². The summed E-state index contributed by atoms with van der Waals surface area (Å²) in [5.41, 5.74) is 6.69. The van der Waals surface area contributed by atoms with Crippen LogP contribution in [0.2, 0.25) is 0 Å². The standard InChI is InChI=1S/C24H16F2N2O4/c1-30-15-5-2-13(3-6-15)24(29)31-16-7-9-18-21(11-16)32-23(28)19(12-27)22(18)17-8-4-14(25)10-20(17)26/h2-11,22H,28H2,1H3. The van der Waals surface area contributed by atoms with E-state index < -0.39 is 23.5 Å². The van der Waals surface area contributed by atoms with Crippen LogP contribution in [0.15, 0.2) is 72.1 Å². The minimum atomic E-state index is -0.907. The van der Waals surface area contributed by atoms with Gasteiger partial charge in [0.05, 0.1) is 18.6 Å². The second-order valence-electron chi connectivity index (χ2n) is 6.91. The van der Waals surface area contributed by atoms with E-state index in [-0.39, 0.29) is 28.5 Å². The molecule has 0 bridgehead atoms. The van der Waals surface area contributed by atoms with Gasteiger partial charge in [0.1, 0.15) is 40.5 Å². The van der Waals surface area contributed by atoms with Gasteiger partial charge in [-0.2, -0.15) is 5.26 Å². The maximum atomic E-state index is 14.5. The van der Waals surface area contributed by atoms with Gasteiger partial charge in [0.25, 0.3) is 0 Å². The minimum absolute atomic E-state index is 0.00835. The summed E-state index contributed by atoms with van der Waals surface area (Å²) in [5.74, 6) is -2.34. The number of nitriles is 1. The Morgan fingerprint density at radius 1 is 1.03 bits per heavy atom. The van der Waals surface area contributed by atoms with Crippen LogP contribution in [-0.2, 0) is 0 Å². The minimum Gasteiger partial charge on any atom is -0.497 e. The average Bonchev–Trinajstić information content (AvgIpc) is 2.78. The second kappa shape index (κ2) is 8.40. The monoisotopic (exact) mass is 434 g/mol. The first-order valence-corrected chi connectivity index (χ1v) is 9.44. The van der Waals surface area contributed by atoms with Crippen LogP contribution >= 0.6 is 0 Å². The fourth-order valence-electron chi connectivity index (χ4n) is 3.45. The van der Waals surface area contributed by atoms with Crippen LogP contribution in [0.4, 0.5) is 8.78 Å². The van der Waals surface area contributed by atoms with Crippen molar-refractivity contribution >= 4 is 5.97 Å². The van der Waals surface area contributed by atoms with Crippen molar-refractivity contribution in [1.29, 1.82) is 5.26 Å². The first-order valence-electron chi connectivity index (χ1n) is 9.44. The SMILES string of the molecule is COc1ccc(C(=O)Oc2ccc3c(c2)OC(N)=C(C#N)C3c2ccc(F)cc2F)cc1. The number of esters is 1. The summed E-state index contributed by atoms with van der Waals surface area (Å²) in [7, 11) is 1.52. The van der Waals surface area contributed by atoms with E-state index in [1.54, 1.807) is 30.3 Å². The summed E-state index contributed by atoms with van der Waals surface area (Å²) in [6.45, 7) is 0. The lowest BCUT2D eigenvalue weighted by Gasteiger charge is -2.27. The maximum absolute atomic E-state index is 14.5. The Labute approximate surface area is 182 Å². The van der Waals surface area contributed by atoms with Crippen molar-refractivity contribution in [3.05, 3.63) is 100 Å². The molecule has 0 radical (unpaired) electrons. The molecule has 1 aliphatic rings. The quantitative estimate of drug-likeness (QED) is 0.483. The number of methoxy groups -OCH3 is 1. The van der Waals surface area contributed by atoms with Crippen molar-refractivity contribution in [1.82, 2.24) is 0 Å². The molecule has 32 heavy (non-hydrogen) atoms. The zero-order chi connectivity index (χ0) is 22.8. The van der Waals surface area contributed by atoms with Gasteiger partial charge in [-0.3, -0.25) is 0 Å². The molecule has 0 fully saturated rings. The third kappa shape index (κ3) is 3.84. The van der Waals surface area contributed by atoms with Crippen LogP contribution in [0.25, 0.3) is 0 Å². The van der Waals surface area contributed by atoms with E-state index in [1.807, 2.05) is 6.07 Å². The van der Waals surface area contributed by atoms with Crippen molar-refractivity contribution in [3.8, 4) is 23.3 Å². The van der Waals surface area contributed by atoms with Crippen LogP contribution in [0.3, 0.4) is 0 Å². The van der Waals surface area contributed by atoms with Gasteiger partial charge in [-0.15, -0.1) is 0 Å². The lowest BCUT2D eigenvalue weighted by atomic mass is 9.83. The molecule has 0 saturated carbocycles. The van der Waals surface area contributed by atoms with E-state index >= 15 is 0 Å². The van der Waals surface area contributed by atoms with Crippen LogP contribution in [0.1, 0.15) is 27.4 Å². The zero-order valence-corrected chi connectivity index (χ0v) is 16.8. The van der Waals surface area contributed by atoms with E-state index in [2.05, 4.69) is 0 Å². The number of nitrogens with two attached hydrogens (primary N) is 1. The molecule has 3 aromatic rings. The fourth-order valence-corrected chi connectivity index (χ4v) is 3.45. The molecule has 2 N–H and O–H groups in total. The Morgan fingerprint density at radius 2 is 1.72 bits per heavy atom. The Morgan fingerprint density at radius 3 is 2.38 bits per heavy atom. The lowest BCUT2D eigenvalue weighted by molar-refractivity contribution is 0.0734. The Kier molecular flexibility index (Phi) is 5.48. The molecule has 0 saturated heterocycles. The number of fused-ring (bicyclic) bond motifs is 1. The molecule has 1 heterocycles. The van der Waals surface area contributed by atoms with E-state index in [0.717, 1.165) is 12.1 Å². The van der Waals surface area contributed by atoms with Crippen molar-refractivity contribution in [2.24, 2.45) is 5.73 Å². The highest BCUT2D eigenvalue weighted by Crippen LogP contribution is 2.44. The highest BCUT2D eigenvalue weighted by Gasteiger charge is 2.33. The van der Waals surface area contributed by atoms with E-state index in [4.69, 9.17) is 19.9 Å². The largest absolute Gasteiger partial charge is 0.497 e. The Hall–Kier alpha value is -4.38. The van der Waals surface area contributed by atoms with Crippen LogP contribution in [-0.4, -0.2) is 13.1 Å².